The molecule has 154 valence electrons. The summed E-state index contributed by atoms with van der Waals surface area (Å²) in [5.74, 6) is -1.000. The summed E-state index contributed by atoms with van der Waals surface area (Å²) in [6, 6.07) is 10.3. The van der Waals surface area contributed by atoms with Gasteiger partial charge in [-0.1, -0.05) is 0 Å². The molecule has 0 saturated carbocycles. The standard InChI is InChI=1S/C19H16N4O7/c1-22-17(16(10-20-22)19(25)26)18(24)21-11-7-12(23(27)28)9-15(8-11)30-14-5-3-13(29-2)4-6-14/h3-10H,1-2H3,(H,21,24)(H,25,26). The number of nitro groups is 1. The van der Waals surface area contributed by atoms with Crippen molar-refractivity contribution in [1.29, 1.82) is 0 Å². The number of aromatic carboxylic acids is 1. The zero-order valence-corrected chi connectivity index (χ0v) is 15.9. The van der Waals surface area contributed by atoms with Gasteiger partial charge in [-0.3, -0.25) is 19.6 Å². The van der Waals surface area contributed by atoms with Crippen LogP contribution >= 0.6 is 0 Å². The molecule has 0 aliphatic rings. The number of aryl methyl sites for hydroxylation is 1. The maximum Gasteiger partial charge on any atom is 0.339 e. The molecule has 11 nitrogen and oxygen atoms in total. The Morgan fingerprint density at radius 3 is 2.40 bits per heavy atom. The first-order valence-corrected chi connectivity index (χ1v) is 8.46. The van der Waals surface area contributed by atoms with Gasteiger partial charge in [0.25, 0.3) is 11.6 Å². The van der Waals surface area contributed by atoms with Crippen molar-refractivity contribution in [1.82, 2.24) is 9.78 Å². The van der Waals surface area contributed by atoms with Gasteiger partial charge in [0.2, 0.25) is 0 Å². The summed E-state index contributed by atoms with van der Waals surface area (Å²) in [5, 5.41) is 26.7. The van der Waals surface area contributed by atoms with Crippen LogP contribution in [0.15, 0.2) is 48.7 Å². The van der Waals surface area contributed by atoms with Crippen LogP contribution in [-0.4, -0.2) is 38.8 Å². The van der Waals surface area contributed by atoms with Gasteiger partial charge in [-0.2, -0.15) is 5.10 Å². The fourth-order valence-corrected chi connectivity index (χ4v) is 2.65. The number of non-ortho nitro benzene ring substituents is 1. The van der Waals surface area contributed by atoms with Gasteiger partial charge in [-0.25, -0.2) is 4.79 Å². The van der Waals surface area contributed by atoms with E-state index in [9.17, 15) is 24.8 Å². The quantitative estimate of drug-likeness (QED) is 0.445. The molecule has 2 N–H and O–H groups in total. The zero-order chi connectivity index (χ0) is 21.8. The van der Waals surface area contributed by atoms with Gasteiger partial charge in [0.05, 0.1) is 30.0 Å². The number of ether oxygens (including phenoxy) is 2. The maximum atomic E-state index is 12.6. The number of methoxy groups -OCH3 is 1. The molecular formula is C19H16N4O7. The van der Waals surface area contributed by atoms with Crippen molar-refractivity contribution < 1.29 is 29.1 Å². The number of nitrogens with zero attached hydrogens (tertiary/aromatic N) is 3. The van der Waals surface area contributed by atoms with E-state index in [-0.39, 0.29) is 28.4 Å². The Labute approximate surface area is 169 Å². The van der Waals surface area contributed by atoms with Gasteiger partial charge >= 0.3 is 5.97 Å². The third kappa shape index (κ3) is 4.35. The Kier molecular flexibility index (Phi) is 5.63. The van der Waals surface area contributed by atoms with Crippen molar-refractivity contribution in [3.8, 4) is 17.2 Å². The van der Waals surface area contributed by atoms with Crippen molar-refractivity contribution in [3.05, 3.63) is 70.0 Å². The first kappa shape index (κ1) is 20.3. The van der Waals surface area contributed by atoms with Crippen LogP contribution in [-0.2, 0) is 7.05 Å². The summed E-state index contributed by atoms with van der Waals surface area (Å²) < 4.78 is 11.8. The highest BCUT2D eigenvalue weighted by Gasteiger charge is 2.22. The Morgan fingerprint density at radius 1 is 1.13 bits per heavy atom. The molecule has 1 aromatic heterocycles. The minimum Gasteiger partial charge on any atom is -0.497 e. The zero-order valence-electron chi connectivity index (χ0n) is 15.9. The van der Waals surface area contributed by atoms with Crippen LogP contribution in [0.3, 0.4) is 0 Å². The highest BCUT2D eigenvalue weighted by Crippen LogP contribution is 2.31. The normalized spacial score (nSPS) is 10.3. The Morgan fingerprint density at radius 2 is 1.80 bits per heavy atom. The molecule has 2 aromatic carbocycles. The minimum absolute atomic E-state index is 0.0512. The summed E-state index contributed by atoms with van der Waals surface area (Å²) >= 11 is 0. The molecule has 0 bridgehead atoms. The first-order chi connectivity index (χ1) is 14.3. The minimum atomic E-state index is -1.32. The first-order valence-electron chi connectivity index (χ1n) is 8.46. The number of aromatic nitrogens is 2. The number of nitrogens with one attached hydrogen (secondary N) is 1. The second-order valence-corrected chi connectivity index (χ2v) is 6.04. The van der Waals surface area contributed by atoms with Crippen LogP contribution in [0.5, 0.6) is 17.2 Å². The number of benzene rings is 2. The fourth-order valence-electron chi connectivity index (χ4n) is 2.65. The smallest absolute Gasteiger partial charge is 0.339 e. The molecule has 3 aromatic rings. The number of carboxylic acids is 1. The number of carbonyl (C=O) groups is 2. The third-order valence-corrected chi connectivity index (χ3v) is 4.04. The largest absolute Gasteiger partial charge is 0.497 e. The van der Waals surface area contributed by atoms with Crippen LogP contribution < -0.4 is 14.8 Å². The predicted octanol–water partition coefficient (Wildman–Crippen LogP) is 3.08. The molecule has 11 heteroatoms. The lowest BCUT2D eigenvalue weighted by molar-refractivity contribution is -0.384. The maximum absolute atomic E-state index is 12.6. The monoisotopic (exact) mass is 412 g/mol. The molecule has 0 saturated heterocycles. The number of amides is 1. The van der Waals surface area contributed by atoms with Crippen LogP contribution in [0, 0.1) is 10.1 Å². The molecule has 30 heavy (non-hydrogen) atoms. The second-order valence-electron chi connectivity index (χ2n) is 6.04. The lowest BCUT2D eigenvalue weighted by Gasteiger charge is -2.10. The second kappa shape index (κ2) is 8.31. The summed E-state index contributed by atoms with van der Waals surface area (Å²) in [7, 11) is 2.93. The number of carbonyl (C=O) groups excluding carboxylic acids is 1. The highest BCUT2D eigenvalue weighted by molar-refractivity contribution is 6.09. The van der Waals surface area contributed by atoms with Gasteiger partial charge < -0.3 is 19.9 Å². The molecule has 0 aliphatic carbocycles. The lowest BCUT2D eigenvalue weighted by atomic mass is 10.2. The summed E-state index contributed by atoms with van der Waals surface area (Å²) in [6.45, 7) is 0. The van der Waals surface area contributed by atoms with E-state index in [2.05, 4.69) is 10.4 Å². The van der Waals surface area contributed by atoms with Crippen molar-refractivity contribution >= 4 is 23.3 Å². The molecule has 0 aliphatic heterocycles. The average molecular weight is 412 g/mol. The molecule has 0 fully saturated rings. The molecule has 0 unspecified atom stereocenters. The Balaban J connectivity index is 1.91. The molecular weight excluding hydrogens is 396 g/mol. The van der Waals surface area contributed by atoms with Crippen molar-refractivity contribution in [2.45, 2.75) is 0 Å². The van der Waals surface area contributed by atoms with Gasteiger partial charge in [-0.15, -0.1) is 0 Å². The molecule has 0 radical (unpaired) electrons. The van der Waals surface area contributed by atoms with Crippen LogP contribution in [0.1, 0.15) is 20.8 Å². The highest BCUT2D eigenvalue weighted by atomic mass is 16.6. The van der Waals surface area contributed by atoms with Crippen LogP contribution in [0.2, 0.25) is 0 Å². The van der Waals surface area contributed by atoms with Crippen molar-refractivity contribution in [2.75, 3.05) is 12.4 Å². The van der Waals surface area contributed by atoms with E-state index >= 15 is 0 Å². The molecule has 3 rings (SSSR count). The molecule has 1 heterocycles. The number of rotatable bonds is 7. The summed E-state index contributed by atoms with van der Waals surface area (Å²) in [5.41, 5.74) is -0.767. The van der Waals surface area contributed by atoms with E-state index in [0.29, 0.717) is 11.5 Å². The van der Waals surface area contributed by atoms with Gasteiger partial charge in [0.15, 0.2) is 0 Å². The number of nitro benzene ring substituents is 1. The third-order valence-electron chi connectivity index (χ3n) is 4.04. The fraction of sp³-hybridized carbons (Fsp3) is 0.105. The van der Waals surface area contributed by atoms with E-state index in [1.807, 2.05) is 0 Å². The van der Waals surface area contributed by atoms with Gasteiger partial charge in [0, 0.05) is 19.2 Å². The lowest BCUT2D eigenvalue weighted by Crippen LogP contribution is -2.19. The van der Waals surface area contributed by atoms with Crippen molar-refractivity contribution in [3.63, 3.8) is 0 Å². The molecule has 1 amide bonds. The number of anilines is 1. The molecule has 0 spiro atoms. The number of hydrogen-bond acceptors (Lipinski definition) is 7. The van der Waals surface area contributed by atoms with E-state index < -0.39 is 16.8 Å². The summed E-state index contributed by atoms with van der Waals surface area (Å²) in [4.78, 5) is 34.5. The van der Waals surface area contributed by atoms with Gasteiger partial charge in [0.1, 0.15) is 28.5 Å². The topological polar surface area (TPSA) is 146 Å². The van der Waals surface area contributed by atoms with E-state index in [4.69, 9.17) is 9.47 Å². The van der Waals surface area contributed by atoms with Crippen molar-refractivity contribution in [2.24, 2.45) is 7.05 Å². The Hall–Kier alpha value is -4.41. The van der Waals surface area contributed by atoms with Crippen LogP contribution in [0.4, 0.5) is 11.4 Å². The average Bonchev–Trinajstić information content (AvgIpc) is 3.10. The SMILES string of the molecule is COc1ccc(Oc2cc(NC(=O)c3c(C(=O)O)cnn3C)cc([N+](=O)[O-])c2)cc1. The number of hydrogen-bond donors (Lipinski definition) is 2. The van der Waals surface area contributed by atoms with E-state index in [1.54, 1.807) is 24.3 Å². The van der Waals surface area contributed by atoms with Crippen LogP contribution in [0.25, 0.3) is 0 Å². The van der Waals surface area contributed by atoms with E-state index in [0.717, 1.165) is 16.9 Å². The van der Waals surface area contributed by atoms with Gasteiger partial charge in [-0.05, 0) is 24.3 Å². The van der Waals surface area contributed by atoms with E-state index in [1.165, 1.54) is 26.3 Å². The Bertz CT molecular complexity index is 1120. The predicted molar refractivity (Wildman–Crippen MR) is 104 cm³/mol. The summed E-state index contributed by atoms with van der Waals surface area (Å²) in [6.07, 6.45) is 1.04. The number of carboxylic acid groups (broad SMARTS) is 1. The molecule has 0 atom stereocenters.